The lowest BCUT2D eigenvalue weighted by Crippen LogP contribution is -2.19. The number of rotatable bonds is 4. The Morgan fingerprint density at radius 2 is 2.00 bits per heavy atom. The zero-order chi connectivity index (χ0) is 11.5. The molecule has 0 amide bonds. The molecule has 1 aromatic rings. The van der Waals surface area contributed by atoms with Gasteiger partial charge in [-0.2, -0.15) is 0 Å². The number of hydrogen-bond donors (Lipinski definition) is 1. The summed E-state index contributed by atoms with van der Waals surface area (Å²) in [6.45, 7) is 4.26. The SMILES string of the molecule is CCC(C)C(O)Cc1ccc2c(c1)CCC2. The first-order valence-corrected chi connectivity index (χ1v) is 6.49. The Bertz CT molecular complexity index is 356. The molecule has 0 saturated carbocycles. The zero-order valence-electron chi connectivity index (χ0n) is 10.4. The summed E-state index contributed by atoms with van der Waals surface area (Å²) in [5.41, 5.74) is 4.32. The van der Waals surface area contributed by atoms with E-state index in [1.807, 2.05) is 0 Å². The lowest BCUT2D eigenvalue weighted by atomic mass is 9.94. The van der Waals surface area contributed by atoms with Crippen LogP contribution in [-0.4, -0.2) is 11.2 Å². The van der Waals surface area contributed by atoms with Gasteiger partial charge in [0.25, 0.3) is 0 Å². The first kappa shape index (κ1) is 11.7. The van der Waals surface area contributed by atoms with Crippen LogP contribution in [0.2, 0.25) is 0 Å². The summed E-state index contributed by atoms with van der Waals surface area (Å²) in [7, 11) is 0. The molecule has 0 bridgehead atoms. The van der Waals surface area contributed by atoms with Crippen LogP contribution in [0.4, 0.5) is 0 Å². The Hall–Kier alpha value is -0.820. The Morgan fingerprint density at radius 3 is 2.75 bits per heavy atom. The van der Waals surface area contributed by atoms with E-state index < -0.39 is 0 Å². The Kier molecular flexibility index (Phi) is 3.65. The third-order valence-electron chi connectivity index (χ3n) is 3.91. The summed E-state index contributed by atoms with van der Waals surface area (Å²) < 4.78 is 0. The van der Waals surface area contributed by atoms with Gasteiger partial charge in [0.2, 0.25) is 0 Å². The summed E-state index contributed by atoms with van der Waals surface area (Å²) in [5.74, 6) is 0.397. The topological polar surface area (TPSA) is 20.2 Å². The summed E-state index contributed by atoms with van der Waals surface area (Å²) in [4.78, 5) is 0. The van der Waals surface area contributed by atoms with Gasteiger partial charge >= 0.3 is 0 Å². The molecule has 0 aromatic heterocycles. The molecule has 1 aliphatic rings. The van der Waals surface area contributed by atoms with E-state index in [2.05, 4.69) is 32.0 Å². The molecule has 1 aromatic carbocycles. The predicted octanol–water partition coefficient (Wildman–Crippen LogP) is 3.12. The van der Waals surface area contributed by atoms with Gasteiger partial charge in [0.05, 0.1) is 6.10 Å². The first-order valence-electron chi connectivity index (χ1n) is 6.49. The van der Waals surface area contributed by atoms with Gasteiger partial charge in [-0.25, -0.2) is 0 Å². The van der Waals surface area contributed by atoms with Crippen molar-refractivity contribution in [3.8, 4) is 0 Å². The van der Waals surface area contributed by atoms with Crippen molar-refractivity contribution in [1.29, 1.82) is 0 Å². The van der Waals surface area contributed by atoms with Crippen LogP contribution in [0.3, 0.4) is 0 Å². The van der Waals surface area contributed by atoms with Crippen LogP contribution in [-0.2, 0) is 19.3 Å². The van der Waals surface area contributed by atoms with E-state index in [9.17, 15) is 5.11 Å². The molecule has 1 nitrogen and oxygen atoms in total. The molecule has 0 saturated heterocycles. The number of aliphatic hydroxyl groups is 1. The molecule has 1 N–H and O–H groups in total. The molecule has 1 heteroatoms. The summed E-state index contributed by atoms with van der Waals surface area (Å²) in [6, 6.07) is 6.74. The van der Waals surface area contributed by atoms with Crippen molar-refractivity contribution in [1.82, 2.24) is 0 Å². The fourth-order valence-corrected chi connectivity index (χ4v) is 2.47. The molecule has 0 radical (unpaired) electrons. The van der Waals surface area contributed by atoms with Crippen LogP contribution < -0.4 is 0 Å². The molecule has 0 heterocycles. The van der Waals surface area contributed by atoms with E-state index >= 15 is 0 Å². The van der Waals surface area contributed by atoms with Gasteiger partial charge in [0, 0.05) is 0 Å². The van der Waals surface area contributed by atoms with E-state index in [0.29, 0.717) is 5.92 Å². The molecule has 0 fully saturated rings. The van der Waals surface area contributed by atoms with Crippen molar-refractivity contribution in [2.45, 2.75) is 52.1 Å². The minimum Gasteiger partial charge on any atom is -0.393 e. The summed E-state index contributed by atoms with van der Waals surface area (Å²) in [6.07, 6.45) is 5.43. The molecular formula is C15H22O. The van der Waals surface area contributed by atoms with Crippen molar-refractivity contribution < 1.29 is 5.11 Å². The van der Waals surface area contributed by atoms with Crippen molar-refractivity contribution >= 4 is 0 Å². The molecule has 0 spiro atoms. The Morgan fingerprint density at radius 1 is 1.25 bits per heavy atom. The van der Waals surface area contributed by atoms with Gasteiger partial charge in [0.1, 0.15) is 0 Å². The molecule has 0 aliphatic heterocycles. The third-order valence-corrected chi connectivity index (χ3v) is 3.91. The highest BCUT2D eigenvalue weighted by Gasteiger charge is 2.15. The molecular weight excluding hydrogens is 196 g/mol. The summed E-state index contributed by atoms with van der Waals surface area (Å²) in [5, 5.41) is 10.0. The standard InChI is InChI=1S/C15H22O/c1-3-11(2)15(16)10-12-7-8-13-5-4-6-14(13)9-12/h7-9,11,15-16H,3-6,10H2,1-2H3. The van der Waals surface area contributed by atoms with Crippen molar-refractivity contribution in [2.75, 3.05) is 0 Å². The van der Waals surface area contributed by atoms with Gasteiger partial charge < -0.3 is 5.11 Å². The lowest BCUT2D eigenvalue weighted by molar-refractivity contribution is 0.115. The van der Waals surface area contributed by atoms with Crippen LogP contribution >= 0.6 is 0 Å². The fraction of sp³-hybridized carbons (Fsp3) is 0.600. The Balaban J connectivity index is 2.05. The van der Waals surface area contributed by atoms with Crippen LogP contribution in [0.25, 0.3) is 0 Å². The maximum atomic E-state index is 10.0. The van der Waals surface area contributed by atoms with Crippen molar-refractivity contribution in [3.63, 3.8) is 0 Å². The predicted molar refractivity (Wildman–Crippen MR) is 67.6 cm³/mol. The third kappa shape index (κ3) is 2.46. The average Bonchev–Trinajstić information content (AvgIpc) is 2.75. The highest BCUT2D eigenvalue weighted by atomic mass is 16.3. The second-order valence-corrected chi connectivity index (χ2v) is 5.11. The fourth-order valence-electron chi connectivity index (χ4n) is 2.47. The monoisotopic (exact) mass is 218 g/mol. The quantitative estimate of drug-likeness (QED) is 0.823. The molecule has 88 valence electrons. The van der Waals surface area contributed by atoms with E-state index in [1.165, 1.54) is 36.0 Å². The highest BCUT2D eigenvalue weighted by Crippen LogP contribution is 2.24. The van der Waals surface area contributed by atoms with Crippen LogP contribution in [0, 0.1) is 5.92 Å². The van der Waals surface area contributed by atoms with Gasteiger partial charge in [-0.1, -0.05) is 38.5 Å². The van der Waals surface area contributed by atoms with Gasteiger partial charge in [-0.15, -0.1) is 0 Å². The number of fused-ring (bicyclic) bond motifs is 1. The van der Waals surface area contributed by atoms with Gasteiger partial charge in [0.15, 0.2) is 0 Å². The van der Waals surface area contributed by atoms with E-state index in [0.717, 1.165) is 12.8 Å². The van der Waals surface area contributed by atoms with Crippen molar-refractivity contribution in [2.24, 2.45) is 5.92 Å². The van der Waals surface area contributed by atoms with Crippen LogP contribution in [0.5, 0.6) is 0 Å². The largest absolute Gasteiger partial charge is 0.393 e. The second-order valence-electron chi connectivity index (χ2n) is 5.11. The van der Waals surface area contributed by atoms with Gasteiger partial charge in [-0.3, -0.25) is 0 Å². The smallest absolute Gasteiger partial charge is 0.0605 e. The Labute approximate surface area is 98.5 Å². The van der Waals surface area contributed by atoms with Gasteiger partial charge in [-0.05, 0) is 48.3 Å². The number of aliphatic hydroxyl groups excluding tert-OH is 1. The zero-order valence-corrected chi connectivity index (χ0v) is 10.4. The average molecular weight is 218 g/mol. The van der Waals surface area contributed by atoms with E-state index in [-0.39, 0.29) is 6.10 Å². The maximum absolute atomic E-state index is 10.0. The molecule has 2 rings (SSSR count). The number of aryl methyl sites for hydroxylation is 2. The van der Waals surface area contributed by atoms with Crippen LogP contribution in [0.1, 0.15) is 43.4 Å². The molecule has 16 heavy (non-hydrogen) atoms. The molecule has 2 atom stereocenters. The van der Waals surface area contributed by atoms with E-state index in [4.69, 9.17) is 0 Å². The molecule has 1 aliphatic carbocycles. The molecule has 2 unspecified atom stereocenters. The number of hydrogen-bond acceptors (Lipinski definition) is 1. The number of benzene rings is 1. The highest BCUT2D eigenvalue weighted by molar-refractivity contribution is 5.35. The summed E-state index contributed by atoms with van der Waals surface area (Å²) >= 11 is 0. The lowest BCUT2D eigenvalue weighted by Gasteiger charge is -2.17. The van der Waals surface area contributed by atoms with Crippen LogP contribution in [0.15, 0.2) is 18.2 Å². The van der Waals surface area contributed by atoms with Crippen molar-refractivity contribution in [3.05, 3.63) is 34.9 Å². The normalized spacial score (nSPS) is 18.2. The van der Waals surface area contributed by atoms with E-state index in [1.54, 1.807) is 0 Å². The first-order chi connectivity index (χ1) is 7.70. The minimum absolute atomic E-state index is 0.190. The maximum Gasteiger partial charge on any atom is 0.0605 e. The minimum atomic E-state index is -0.190. The second kappa shape index (κ2) is 5.01.